The first-order valence-corrected chi connectivity index (χ1v) is 5.62. The van der Waals surface area contributed by atoms with Crippen LogP contribution in [0.4, 0.5) is 0 Å². The Morgan fingerprint density at radius 2 is 2.08 bits per heavy atom. The van der Waals surface area contributed by atoms with Gasteiger partial charge in [0.2, 0.25) is 0 Å². The van der Waals surface area contributed by atoms with E-state index >= 15 is 0 Å². The molecule has 3 unspecified atom stereocenters. The van der Waals surface area contributed by atoms with Gasteiger partial charge in [0.05, 0.1) is 0 Å². The van der Waals surface area contributed by atoms with Crippen molar-refractivity contribution in [2.24, 2.45) is 23.2 Å². The molecule has 0 saturated heterocycles. The summed E-state index contributed by atoms with van der Waals surface area (Å²) in [5, 5.41) is 0. The van der Waals surface area contributed by atoms with Gasteiger partial charge in [0.1, 0.15) is 0 Å². The Kier molecular flexibility index (Phi) is 3.21. The lowest BCUT2D eigenvalue weighted by molar-refractivity contribution is 0.00291. The predicted octanol–water partition coefficient (Wildman–Crippen LogP) is 4.27. The summed E-state index contributed by atoms with van der Waals surface area (Å²) in [6.07, 6.45) is 6.35. The fraction of sp³-hybridized carbons (Fsp3) is 0.846. The van der Waals surface area contributed by atoms with Gasteiger partial charge in [-0.2, -0.15) is 0 Å². The van der Waals surface area contributed by atoms with Gasteiger partial charge in [0, 0.05) is 0 Å². The van der Waals surface area contributed by atoms with Crippen LogP contribution >= 0.6 is 0 Å². The van der Waals surface area contributed by atoms with Crippen LogP contribution in [0.15, 0.2) is 12.7 Å². The molecule has 0 radical (unpaired) electrons. The molecule has 3 atom stereocenters. The van der Waals surface area contributed by atoms with Crippen LogP contribution in [0.5, 0.6) is 0 Å². The molecule has 0 heteroatoms. The van der Waals surface area contributed by atoms with Crippen molar-refractivity contribution in [3.8, 4) is 0 Å². The van der Waals surface area contributed by atoms with Crippen LogP contribution in [0.1, 0.15) is 47.0 Å². The summed E-state index contributed by atoms with van der Waals surface area (Å²) in [5.41, 5.74) is 0.613. The van der Waals surface area contributed by atoms with E-state index in [0.717, 1.165) is 11.8 Å². The summed E-state index contributed by atoms with van der Waals surface area (Å²) >= 11 is 0. The zero-order valence-corrected chi connectivity index (χ0v) is 9.64. The second-order valence-electron chi connectivity index (χ2n) is 5.49. The normalized spacial score (nSPS) is 35.6. The van der Waals surface area contributed by atoms with Gasteiger partial charge in [-0.1, -0.05) is 33.8 Å². The largest absolute Gasteiger partial charge is 0.103 e. The quantitative estimate of drug-likeness (QED) is 0.567. The Labute approximate surface area is 83.4 Å². The minimum absolute atomic E-state index is 0.613. The molecule has 1 rings (SSSR count). The van der Waals surface area contributed by atoms with Crippen molar-refractivity contribution >= 4 is 0 Å². The van der Waals surface area contributed by atoms with E-state index in [1.165, 1.54) is 19.3 Å². The lowest BCUT2D eigenvalue weighted by Crippen LogP contribution is -2.41. The van der Waals surface area contributed by atoms with Crippen LogP contribution in [0.3, 0.4) is 0 Å². The van der Waals surface area contributed by atoms with E-state index in [2.05, 4.69) is 40.3 Å². The lowest BCUT2D eigenvalue weighted by Gasteiger charge is -2.51. The third-order valence-electron chi connectivity index (χ3n) is 3.80. The topological polar surface area (TPSA) is 0 Å². The molecule has 0 N–H and O–H groups in total. The van der Waals surface area contributed by atoms with Crippen molar-refractivity contribution < 1.29 is 0 Å². The SMILES string of the molecule is C=CC(C)C1CCC1(C)CC(C)C. The zero-order chi connectivity index (χ0) is 10.1. The summed E-state index contributed by atoms with van der Waals surface area (Å²) in [7, 11) is 0. The summed E-state index contributed by atoms with van der Waals surface area (Å²) in [6.45, 7) is 13.3. The van der Waals surface area contributed by atoms with Crippen molar-refractivity contribution in [2.75, 3.05) is 0 Å². The predicted molar refractivity (Wildman–Crippen MR) is 59.6 cm³/mol. The van der Waals surface area contributed by atoms with Crippen LogP contribution in [0.2, 0.25) is 0 Å². The average molecular weight is 180 g/mol. The summed E-state index contributed by atoms with van der Waals surface area (Å²) < 4.78 is 0. The molecule has 0 aromatic carbocycles. The highest BCUT2D eigenvalue weighted by Crippen LogP contribution is 2.53. The monoisotopic (exact) mass is 180 g/mol. The van der Waals surface area contributed by atoms with Crippen LogP contribution in [0.25, 0.3) is 0 Å². The Morgan fingerprint density at radius 1 is 1.46 bits per heavy atom. The lowest BCUT2D eigenvalue weighted by atomic mass is 9.54. The van der Waals surface area contributed by atoms with Gasteiger partial charge in [-0.3, -0.25) is 0 Å². The second-order valence-corrected chi connectivity index (χ2v) is 5.49. The molecule has 0 heterocycles. The maximum absolute atomic E-state index is 3.91. The molecule has 0 amide bonds. The van der Waals surface area contributed by atoms with Crippen molar-refractivity contribution in [1.82, 2.24) is 0 Å². The Morgan fingerprint density at radius 3 is 2.38 bits per heavy atom. The highest BCUT2D eigenvalue weighted by atomic mass is 14.5. The molecule has 0 nitrogen and oxygen atoms in total. The number of hydrogen-bond donors (Lipinski definition) is 0. The first kappa shape index (κ1) is 10.8. The minimum atomic E-state index is 0.613. The highest BCUT2D eigenvalue weighted by molar-refractivity contribution is 4.98. The number of allylic oxidation sites excluding steroid dienone is 1. The van der Waals surface area contributed by atoms with Crippen LogP contribution in [0, 0.1) is 23.2 Å². The van der Waals surface area contributed by atoms with Gasteiger partial charge in [-0.05, 0) is 42.4 Å². The van der Waals surface area contributed by atoms with Crippen LogP contribution < -0.4 is 0 Å². The molecular weight excluding hydrogens is 156 g/mol. The smallest absolute Gasteiger partial charge is 0.0231 e. The molecule has 0 aromatic rings. The molecular formula is C13H24. The average Bonchev–Trinajstić information content (AvgIpc) is 2.01. The maximum atomic E-state index is 3.91. The molecule has 76 valence electrons. The van der Waals surface area contributed by atoms with Crippen molar-refractivity contribution in [3.63, 3.8) is 0 Å². The van der Waals surface area contributed by atoms with Crippen LogP contribution in [-0.4, -0.2) is 0 Å². The number of rotatable bonds is 4. The van der Waals surface area contributed by atoms with Gasteiger partial charge in [0.25, 0.3) is 0 Å². The van der Waals surface area contributed by atoms with Gasteiger partial charge in [0.15, 0.2) is 0 Å². The molecule has 1 aliphatic rings. The third-order valence-corrected chi connectivity index (χ3v) is 3.80. The fourth-order valence-corrected chi connectivity index (χ4v) is 3.05. The number of hydrogen-bond acceptors (Lipinski definition) is 0. The molecule has 1 fully saturated rings. The van der Waals surface area contributed by atoms with E-state index in [4.69, 9.17) is 0 Å². The van der Waals surface area contributed by atoms with E-state index in [1.54, 1.807) is 0 Å². The maximum Gasteiger partial charge on any atom is -0.0231 e. The van der Waals surface area contributed by atoms with E-state index in [1.807, 2.05) is 0 Å². The van der Waals surface area contributed by atoms with Gasteiger partial charge < -0.3 is 0 Å². The third kappa shape index (κ3) is 2.15. The Balaban J connectivity index is 2.55. The van der Waals surface area contributed by atoms with Crippen LogP contribution in [-0.2, 0) is 0 Å². The van der Waals surface area contributed by atoms with E-state index < -0.39 is 0 Å². The molecule has 13 heavy (non-hydrogen) atoms. The molecule has 0 aromatic heterocycles. The highest BCUT2D eigenvalue weighted by Gasteiger charge is 2.44. The molecule has 0 spiro atoms. The summed E-state index contributed by atoms with van der Waals surface area (Å²) in [6, 6.07) is 0. The molecule has 1 saturated carbocycles. The van der Waals surface area contributed by atoms with E-state index in [0.29, 0.717) is 11.3 Å². The minimum Gasteiger partial charge on any atom is -0.103 e. The van der Waals surface area contributed by atoms with Gasteiger partial charge >= 0.3 is 0 Å². The Bertz CT molecular complexity index is 180. The first-order chi connectivity index (χ1) is 5.99. The molecule has 0 bridgehead atoms. The van der Waals surface area contributed by atoms with Crippen molar-refractivity contribution in [1.29, 1.82) is 0 Å². The fourth-order valence-electron chi connectivity index (χ4n) is 3.05. The second kappa shape index (κ2) is 3.86. The summed E-state index contributed by atoms with van der Waals surface area (Å²) in [4.78, 5) is 0. The van der Waals surface area contributed by atoms with Crippen molar-refractivity contribution in [2.45, 2.75) is 47.0 Å². The first-order valence-electron chi connectivity index (χ1n) is 5.62. The van der Waals surface area contributed by atoms with Gasteiger partial charge in [-0.15, -0.1) is 6.58 Å². The van der Waals surface area contributed by atoms with Crippen molar-refractivity contribution in [3.05, 3.63) is 12.7 Å². The standard InChI is InChI=1S/C13H24/c1-6-11(4)12-7-8-13(12,5)9-10(2)3/h6,10-12H,1,7-9H2,2-5H3. The van der Waals surface area contributed by atoms with E-state index in [-0.39, 0.29) is 0 Å². The Hall–Kier alpha value is -0.260. The zero-order valence-electron chi connectivity index (χ0n) is 9.64. The van der Waals surface area contributed by atoms with E-state index in [9.17, 15) is 0 Å². The summed E-state index contributed by atoms with van der Waals surface area (Å²) in [5.74, 6) is 2.44. The molecule has 1 aliphatic carbocycles. The van der Waals surface area contributed by atoms with Gasteiger partial charge in [-0.25, -0.2) is 0 Å². The molecule has 0 aliphatic heterocycles.